The number of anilines is 1. The number of amides is 1. The van der Waals surface area contributed by atoms with Crippen LogP contribution in [-0.2, 0) is 11.3 Å². The second-order valence-corrected chi connectivity index (χ2v) is 4.71. The van der Waals surface area contributed by atoms with Crippen molar-refractivity contribution in [1.29, 1.82) is 0 Å². The third-order valence-corrected chi connectivity index (χ3v) is 2.66. The molecule has 0 aliphatic rings. The Hall–Kier alpha value is -1.69. The molecule has 1 rings (SSSR count). The van der Waals surface area contributed by atoms with Crippen LogP contribution < -0.4 is 10.2 Å². The number of hydrogen-bond donors (Lipinski definition) is 1. The lowest BCUT2D eigenvalue weighted by Gasteiger charge is -2.19. The Morgan fingerprint density at radius 1 is 1.26 bits per heavy atom. The predicted octanol–water partition coefficient (Wildman–Crippen LogP) is 0.501. The number of nitrogens with one attached hydrogen (secondary N) is 1. The molecule has 6 heteroatoms. The lowest BCUT2D eigenvalue weighted by molar-refractivity contribution is -0.127. The van der Waals surface area contributed by atoms with Crippen LogP contribution in [0.3, 0.4) is 0 Å². The van der Waals surface area contributed by atoms with E-state index in [1.165, 1.54) is 0 Å². The van der Waals surface area contributed by atoms with E-state index in [1.54, 1.807) is 36.3 Å². The van der Waals surface area contributed by atoms with Gasteiger partial charge in [0.05, 0.1) is 6.54 Å². The molecule has 0 spiro atoms. The first kappa shape index (κ1) is 15.4. The zero-order chi connectivity index (χ0) is 14.3. The van der Waals surface area contributed by atoms with Crippen LogP contribution in [0.25, 0.3) is 0 Å². The van der Waals surface area contributed by atoms with Crippen molar-refractivity contribution in [2.24, 2.45) is 0 Å². The van der Waals surface area contributed by atoms with Crippen molar-refractivity contribution in [2.75, 3.05) is 39.1 Å². The van der Waals surface area contributed by atoms with Crippen LogP contribution >= 0.6 is 0 Å². The van der Waals surface area contributed by atoms with E-state index in [2.05, 4.69) is 22.2 Å². The smallest absolute Gasteiger partial charge is 0.241 e. The molecule has 0 unspecified atom stereocenters. The zero-order valence-electron chi connectivity index (χ0n) is 12.2. The molecule has 1 aromatic rings. The Morgan fingerprint density at radius 3 is 2.42 bits per heavy atom. The highest BCUT2D eigenvalue weighted by atomic mass is 16.2. The highest BCUT2D eigenvalue weighted by molar-refractivity contribution is 5.80. The summed E-state index contributed by atoms with van der Waals surface area (Å²) < 4.78 is 0. The Morgan fingerprint density at radius 2 is 1.89 bits per heavy atom. The highest BCUT2D eigenvalue weighted by Crippen LogP contribution is 2.05. The van der Waals surface area contributed by atoms with E-state index in [9.17, 15) is 4.79 Å². The second-order valence-electron chi connectivity index (χ2n) is 4.71. The van der Waals surface area contributed by atoms with E-state index in [0.29, 0.717) is 5.95 Å². The highest BCUT2D eigenvalue weighted by Gasteiger charge is 2.10. The van der Waals surface area contributed by atoms with Gasteiger partial charge in [-0.15, -0.1) is 0 Å². The predicted molar refractivity (Wildman–Crippen MR) is 76.0 cm³/mol. The Labute approximate surface area is 114 Å². The summed E-state index contributed by atoms with van der Waals surface area (Å²) in [5.41, 5.74) is 1.05. The molecule has 0 saturated carbocycles. The fourth-order valence-electron chi connectivity index (χ4n) is 1.46. The van der Waals surface area contributed by atoms with Crippen molar-refractivity contribution in [3.8, 4) is 0 Å². The van der Waals surface area contributed by atoms with Crippen molar-refractivity contribution < 1.29 is 4.79 Å². The molecule has 0 aromatic carbocycles. The maximum Gasteiger partial charge on any atom is 0.241 e. The maximum atomic E-state index is 11.6. The minimum atomic E-state index is 0.0276. The van der Waals surface area contributed by atoms with Crippen LogP contribution in [0.2, 0.25) is 0 Å². The van der Waals surface area contributed by atoms with Gasteiger partial charge >= 0.3 is 0 Å². The van der Waals surface area contributed by atoms with E-state index in [1.807, 2.05) is 7.05 Å². The second kappa shape index (κ2) is 7.68. The molecule has 0 bridgehead atoms. The molecule has 6 nitrogen and oxygen atoms in total. The molecule has 19 heavy (non-hydrogen) atoms. The van der Waals surface area contributed by atoms with Gasteiger partial charge in [0.25, 0.3) is 0 Å². The summed E-state index contributed by atoms with van der Waals surface area (Å²) in [5, 5.41) is 3.29. The Kier molecular flexibility index (Phi) is 6.21. The summed E-state index contributed by atoms with van der Waals surface area (Å²) in [7, 11) is 5.28. The number of likely N-dealkylation sites (N-methyl/N-ethyl adjacent to an activating group) is 2. The Bertz CT molecular complexity index is 391. The molecule has 0 atom stereocenters. The molecule has 1 N–H and O–H groups in total. The average Bonchev–Trinajstić information content (AvgIpc) is 2.39. The lowest BCUT2D eigenvalue weighted by atomic mass is 10.3. The Balaban J connectivity index is 2.53. The fourth-order valence-corrected chi connectivity index (χ4v) is 1.46. The molecular formula is C13H23N5O. The van der Waals surface area contributed by atoms with Crippen molar-refractivity contribution in [3.63, 3.8) is 0 Å². The van der Waals surface area contributed by atoms with Gasteiger partial charge in [-0.05, 0) is 13.0 Å². The molecule has 1 amide bonds. The minimum Gasteiger partial charge on any atom is -0.347 e. The average molecular weight is 265 g/mol. The van der Waals surface area contributed by atoms with E-state index in [-0.39, 0.29) is 12.5 Å². The molecule has 0 radical (unpaired) electrons. The number of carbonyl (C=O) groups is 1. The summed E-state index contributed by atoms with van der Waals surface area (Å²) in [6.07, 6.45) is 4.69. The first-order chi connectivity index (χ1) is 9.04. The third-order valence-electron chi connectivity index (χ3n) is 2.66. The summed E-state index contributed by atoms with van der Waals surface area (Å²) >= 11 is 0. The fraction of sp³-hybridized carbons (Fsp3) is 0.615. The van der Waals surface area contributed by atoms with Crippen molar-refractivity contribution in [2.45, 2.75) is 19.9 Å². The number of nitrogens with zero attached hydrogens (tertiary/aromatic N) is 4. The van der Waals surface area contributed by atoms with Crippen LogP contribution in [0.4, 0.5) is 5.95 Å². The number of carbonyl (C=O) groups excluding carboxylic acids is 1. The van der Waals surface area contributed by atoms with Gasteiger partial charge in [0, 0.05) is 45.6 Å². The monoisotopic (exact) mass is 265 g/mol. The van der Waals surface area contributed by atoms with Gasteiger partial charge in [-0.2, -0.15) is 0 Å². The summed E-state index contributed by atoms with van der Waals surface area (Å²) in [6.45, 7) is 4.16. The first-order valence-corrected chi connectivity index (χ1v) is 6.47. The summed E-state index contributed by atoms with van der Waals surface area (Å²) in [4.78, 5) is 23.4. The molecule has 0 saturated heterocycles. The SMILES string of the molecule is CCCNCc1cnc(N(C)CC(=O)N(C)C)nc1. The van der Waals surface area contributed by atoms with Gasteiger partial charge < -0.3 is 15.1 Å². The normalized spacial score (nSPS) is 10.3. The van der Waals surface area contributed by atoms with Gasteiger partial charge in [-0.25, -0.2) is 9.97 Å². The van der Waals surface area contributed by atoms with Gasteiger partial charge in [0.2, 0.25) is 11.9 Å². The van der Waals surface area contributed by atoms with E-state index in [4.69, 9.17) is 0 Å². The van der Waals surface area contributed by atoms with E-state index in [0.717, 1.165) is 25.1 Å². The minimum absolute atomic E-state index is 0.0276. The first-order valence-electron chi connectivity index (χ1n) is 6.47. The van der Waals surface area contributed by atoms with Crippen LogP contribution in [0.5, 0.6) is 0 Å². The maximum absolute atomic E-state index is 11.6. The molecule has 0 aliphatic heterocycles. The summed E-state index contributed by atoms with van der Waals surface area (Å²) in [5.74, 6) is 0.592. The molecule has 0 aliphatic carbocycles. The molecular weight excluding hydrogens is 242 g/mol. The lowest BCUT2D eigenvalue weighted by Crippen LogP contribution is -2.35. The number of aromatic nitrogens is 2. The van der Waals surface area contributed by atoms with Crippen LogP contribution in [0.1, 0.15) is 18.9 Å². The van der Waals surface area contributed by atoms with Gasteiger partial charge in [-0.3, -0.25) is 4.79 Å². The van der Waals surface area contributed by atoms with Crippen LogP contribution in [0.15, 0.2) is 12.4 Å². The third kappa shape index (κ3) is 5.21. The van der Waals surface area contributed by atoms with Gasteiger partial charge in [-0.1, -0.05) is 6.92 Å². The number of hydrogen-bond acceptors (Lipinski definition) is 5. The van der Waals surface area contributed by atoms with Crippen LogP contribution in [0, 0.1) is 0 Å². The summed E-state index contributed by atoms with van der Waals surface area (Å²) in [6, 6.07) is 0. The van der Waals surface area contributed by atoms with Crippen LogP contribution in [-0.4, -0.2) is 55.0 Å². The molecule has 1 aromatic heterocycles. The zero-order valence-corrected chi connectivity index (χ0v) is 12.2. The van der Waals surface area contributed by atoms with Gasteiger partial charge in [0.15, 0.2) is 0 Å². The standard InChI is InChI=1S/C13H23N5O/c1-5-6-14-7-11-8-15-13(16-9-11)18(4)10-12(19)17(2)3/h8-9,14H,5-7,10H2,1-4H3. The quantitative estimate of drug-likeness (QED) is 0.728. The molecule has 106 valence electrons. The van der Waals surface area contributed by atoms with E-state index >= 15 is 0 Å². The molecule has 1 heterocycles. The number of rotatable bonds is 7. The van der Waals surface area contributed by atoms with Crippen molar-refractivity contribution >= 4 is 11.9 Å². The largest absolute Gasteiger partial charge is 0.347 e. The topological polar surface area (TPSA) is 61.4 Å². The molecule has 0 fully saturated rings. The van der Waals surface area contributed by atoms with Gasteiger partial charge in [0.1, 0.15) is 0 Å². The van der Waals surface area contributed by atoms with E-state index < -0.39 is 0 Å². The van der Waals surface area contributed by atoms with Crippen molar-refractivity contribution in [3.05, 3.63) is 18.0 Å². The van der Waals surface area contributed by atoms with Crippen molar-refractivity contribution in [1.82, 2.24) is 20.2 Å².